The van der Waals surface area contributed by atoms with Crippen molar-refractivity contribution in [2.75, 3.05) is 12.9 Å². The molecule has 1 atom stereocenters. The van der Waals surface area contributed by atoms with Gasteiger partial charge in [0.15, 0.2) is 0 Å². The van der Waals surface area contributed by atoms with E-state index in [1.165, 1.54) is 32.1 Å². The summed E-state index contributed by atoms with van der Waals surface area (Å²) in [5.74, 6) is 3.07. The zero-order chi connectivity index (χ0) is 12.8. The van der Waals surface area contributed by atoms with Gasteiger partial charge in [-0.1, -0.05) is 31.4 Å². The van der Waals surface area contributed by atoms with Crippen molar-refractivity contribution in [3.05, 3.63) is 29.8 Å². The molecule has 0 radical (unpaired) electrons. The van der Waals surface area contributed by atoms with Gasteiger partial charge in [-0.05, 0) is 36.5 Å². The highest BCUT2D eigenvalue weighted by atomic mass is 32.2. The van der Waals surface area contributed by atoms with Gasteiger partial charge in [0.2, 0.25) is 0 Å². The lowest BCUT2D eigenvalue weighted by Crippen LogP contribution is -2.15. The quantitative estimate of drug-likeness (QED) is 0.815. The van der Waals surface area contributed by atoms with Crippen molar-refractivity contribution in [2.45, 2.75) is 37.9 Å². The summed E-state index contributed by atoms with van der Waals surface area (Å²) < 4.78 is 17.3. The molecule has 2 rings (SSSR count). The van der Waals surface area contributed by atoms with Crippen LogP contribution < -0.4 is 4.74 Å². The summed E-state index contributed by atoms with van der Waals surface area (Å²) in [6.45, 7) is 0. The summed E-state index contributed by atoms with van der Waals surface area (Å²) in [4.78, 5) is 0. The highest BCUT2D eigenvalue weighted by molar-refractivity contribution is 7.84. The first-order valence-corrected chi connectivity index (χ1v) is 8.24. The normalized spacial score (nSPS) is 18.5. The van der Waals surface area contributed by atoms with Gasteiger partial charge in [-0.3, -0.25) is 4.21 Å². The van der Waals surface area contributed by atoms with Gasteiger partial charge in [-0.2, -0.15) is 0 Å². The fourth-order valence-electron chi connectivity index (χ4n) is 2.62. The van der Waals surface area contributed by atoms with Crippen molar-refractivity contribution in [1.29, 1.82) is 0 Å². The molecule has 0 unspecified atom stereocenters. The lowest BCUT2D eigenvalue weighted by atomic mass is 9.91. The summed E-state index contributed by atoms with van der Waals surface area (Å²) in [6, 6.07) is 7.90. The standard InChI is InChI=1S/C15H22O2S/c1-17-15-9-5-8-14(10-15)12-18(16)11-13-6-3-2-4-7-13/h5,8-10,13H,2-4,6-7,11-12H2,1H3/t18-/m0/s1. The van der Waals surface area contributed by atoms with Crippen LogP contribution in [0.15, 0.2) is 24.3 Å². The predicted octanol–water partition coefficient (Wildman–Crippen LogP) is 3.52. The molecule has 0 aromatic heterocycles. The van der Waals surface area contributed by atoms with E-state index in [4.69, 9.17) is 4.74 Å². The molecule has 0 bridgehead atoms. The molecule has 0 N–H and O–H groups in total. The van der Waals surface area contributed by atoms with Crippen LogP contribution in [0.2, 0.25) is 0 Å². The van der Waals surface area contributed by atoms with E-state index in [0.29, 0.717) is 11.7 Å². The molecule has 0 heterocycles. The molecular weight excluding hydrogens is 244 g/mol. The number of hydrogen-bond acceptors (Lipinski definition) is 2. The van der Waals surface area contributed by atoms with E-state index in [2.05, 4.69) is 0 Å². The van der Waals surface area contributed by atoms with E-state index in [-0.39, 0.29) is 0 Å². The molecule has 0 amide bonds. The summed E-state index contributed by atoms with van der Waals surface area (Å²) >= 11 is 0. The number of rotatable bonds is 5. The SMILES string of the molecule is COc1cccc(C[S@@](=O)CC2CCCCC2)c1. The average Bonchev–Trinajstić information content (AvgIpc) is 2.40. The summed E-state index contributed by atoms with van der Waals surface area (Å²) in [5, 5.41) is 0. The summed E-state index contributed by atoms with van der Waals surface area (Å²) in [7, 11) is 0.930. The van der Waals surface area contributed by atoms with Crippen LogP contribution in [0.4, 0.5) is 0 Å². The summed E-state index contributed by atoms with van der Waals surface area (Å²) in [5.41, 5.74) is 1.11. The van der Waals surface area contributed by atoms with Gasteiger partial charge in [-0.15, -0.1) is 0 Å². The molecular formula is C15H22O2S. The number of benzene rings is 1. The molecule has 1 aliphatic rings. The smallest absolute Gasteiger partial charge is 0.119 e. The molecule has 1 aliphatic carbocycles. The molecule has 1 aromatic carbocycles. The van der Waals surface area contributed by atoms with E-state index in [9.17, 15) is 4.21 Å². The Kier molecular flexibility index (Phi) is 5.24. The van der Waals surface area contributed by atoms with Gasteiger partial charge < -0.3 is 4.74 Å². The highest BCUT2D eigenvalue weighted by Crippen LogP contribution is 2.25. The third kappa shape index (κ3) is 4.13. The molecule has 0 spiro atoms. The minimum absolute atomic E-state index is 0.660. The van der Waals surface area contributed by atoms with E-state index in [0.717, 1.165) is 17.1 Å². The van der Waals surface area contributed by atoms with Crippen molar-refractivity contribution in [2.24, 2.45) is 5.92 Å². The Hall–Kier alpha value is -0.830. The first-order chi connectivity index (χ1) is 8.78. The van der Waals surface area contributed by atoms with Crippen molar-refractivity contribution in [1.82, 2.24) is 0 Å². The maximum absolute atomic E-state index is 12.2. The monoisotopic (exact) mass is 266 g/mol. The number of ether oxygens (including phenoxy) is 1. The van der Waals surface area contributed by atoms with Gasteiger partial charge in [0.1, 0.15) is 5.75 Å². The fraction of sp³-hybridized carbons (Fsp3) is 0.600. The van der Waals surface area contributed by atoms with Crippen LogP contribution >= 0.6 is 0 Å². The van der Waals surface area contributed by atoms with Gasteiger partial charge in [0, 0.05) is 22.3 Å². The molecule has 0 aliphatic heterocycles. The molecule has 0 saturated heterocycles. The topological polar surface area (TPSA) is 26.3 Å². The van der Waals surface area contributed by atoms with Crippen LogP contribution in [0.5, 0.6) is 5.75 Å². The first kappa shape index (κ1) is 13.6. The van der Waals surface area contributed by atoms with Crippen LogP contribution in [0.3, 0.4) is 0 Å². The Labute approximate surface area is 112 Å². The third-order valence-corrected chi connectivity index (χ3v) is 5.11. The van der Waals surface area contributed by atoms with Crippen LogP contribution in [0.1, 0.15) is 37.7 Å². The van der Waals surface area contributed by atoms with Crippen molar-refractivity contribution < 1.29 is 8.95 Å². The second-order valence-electron chi connectivity index (χ2n) is 5.11. The lowest BCUT2D eigenvalue weighted by Gasteiger charge is -2.20. The Balaban J connectivity index is 1.85. The molecule has 18 heavy (non-hydrogen) atoms. The maximum atomic E-state index is 12.2. The largest absolute Gasteiger partial charge is 0.497 e. The minimum atomic E-state index is -0.734. The highest BCUT2D eigenvalue weighted by Gasteiger charge is 2.16. The fourth-order valence-corrected chi connectivity index (χ4v) is 4.15. The van der Waals surface area contributed by atoms with Gasteiger partial charge in [-0.25, -0.2) is 0 Å². The van der Waals surface area contributed by atoms with Crippen LogP contribution in [-0.2, 0) is 16.6 Å². The molecule has 1 saturated carbocycles. The van der Waals surface area contributed by atoms with E-state index < -0.39 is 10.8 Å². The maximum Gasteiger partial charge on any atom is 0.119 e. The van der Waals surface area contributed by atoms with E-state index >= 15 is 0 Å². The average molecular weight is 266 g/mol. The third-order valence-electron chi connectivity index (χ3n) is 3.61. The Bertz CT molecular complexity index is 397. The lowest BCUT2D eigenvalue weighted by molar-refractivity contribution is 0.388. The Morgan fingerprint density at radius 2 is 2.06 bits per heavy atom. The predicted molar refractivity (Wildman–Crippen MR) is 76.3 cm³/mol. The zero-order valence-corrected chi connectivity index (χ0v) is 11.9. The second-order valence-corrected chi connectivity index (χ2v) is 6.61. The van der Waals surface area contributed by atoms with Crippen LogP contribution in [-0.4, -0.2) is 17.1 Å². The van der Waals surface area contributed by atoms with Crippen LogP contribution in [0.25, 0.3) is 0 Å². The van der Waals surface area contributed by atoms with Gasteiger partial charge >= 0.3 is 0 Å². The molecule has 1 fully saturated rings. The minimum Gasteiger partial charge on any atom is -0.497 e. The number of methoxy groups -OCH3 is 1. The van der Waals surface area contributed by atoms with Gasteiger partial charge in [0.25, 0.3) is 0 Å². The Morgan fingerprint density at radius 3 is 2.78 bits per heavy atom. The number of hydrogen-bond donors (Lipinski definition) is 0. The molecule has 1 aromatic rings. The van der Waals surface area contributed by atoms with Crippen molar-refractivity contribution in [3.63, 3.8) is 0 Å². The molecule has 100 valence electrons. The second kappa shape index (κ2) is 6.93. The van der Waals surface area contributed by atoms with E-state index in [1.807, 2.05) is 24.3 Å². The van der Waals surface area contributed by atoms with Crippen molar-refractivity contribution >= 4 is 10.8 Å². The Morgan fingerprint density at radius 1 is 1.28 bits per heavy atom. The van der Waals surface area contributed by atoms with Crippen LogP contribution in [0, 0.1) is 5.92 Å². The first-order valence-electron chi connectivity index (χ1n) is 6.76. The molecule has 2 nitrogen and oxygen atoms in total. The molecule has 3 heteroatoms. The van der Waals surface area contributed by atoms with E-state index in [1.54, 1.807) is 7.11 Å². The van der Waals surface area contributed by atoms with Gasteiger partial charge in [0.05, 0.1) is 7.11 Å². The van der Waals surface area contributed by atoms with Crippen molar-refractivity contribution in [3.8, 4) is 5.75 Å². The zero-order valence-electron chi connectivity index (χ0n) is 11.1. The summed E-state index contributed by atoms with van der Waals surface area (Å²) in [6.07, 6.45) is 6.54.